The summed E-state index contributed by atoms with van der Waals surface area (Å²) in [5, 5.41) is 4.94. The highest BCUT2D eigenvalue weighted by Gasteiger charge is 2.42. The monoisotopic (exact) mass is 450 g/mol. The average molecular weight is 451 g/mol. The third-order valence-electron chi connectivity index (χ3n) is 5.82. The fraction of sp³-hybridized carbons (Fsp3) is 0.280. The van der Waals surface area contributed by atoms with Crippen LogP contribution in [0, 0.1) is 5.92 Å². The van der Waals surface area contributed by atoms with E-state index in [0.717, 1.165) is 11.1 Å². The van der Waals surface area contributed by atoms with Crippen LogP contribution in [-0.2, 0) is 11.3 Å². The van der Waals surface area contributed by atoms with Crippen LogP contribution in [0.25, 0.3) is 0 Å². The number of para-hydroxylation sites is 1. The fourth-order valence-corrected chi connectivity index (χ4v) is 4.92. The highest BCUT2D eigenvalue weighted by molar-refractivity contribution is 7.12. The van der Waals surface area contributed by atoms with Crippen LogP contribution in [0.15, 0.2) is 66.0 Å². The van der Waals surface area contributed by atoms with Crippen molar-refractivity contribution in [3.8, 4) is 11.5 Å². The number of nitrogens with zero attached hydrogens (tertiary/aromatic N) is 1. The minimum absolute atomic E-state index is 0.0507. The summed E-state index contributed by atoms with van der Waals surface area (Å²) in [6.45, 7) is 1.23. The lowest BCUT2D eigenvalue weighted by atomic mass is 9.87. The summed E-state index contributed by atoms with van der Waals surface area (Å²) in [5.41, 5.74) is 1.90. The topological polar surface area (TPSA) is 67.9 Å². The van der Waals surface area contributed by atoms with Gasteiger partial charge < -0.3 is 19.7 Å². The summed E-state index contributed by atoms with van der Waals surface area (Å²) in [7, 11) is 3.18. The molecule has 1 N–H and O–H groups in total. The van der Waals surface area contributed by atoms with Gasteiger partial charge in [-0.3, -0.25) is 9.59 Å². The predicted octanol–water partition coefficient (Wildman–Crippen LogP) is 3.94. The van der Waals surface area contributed by atoms with E-state index < -0.39 is 5.92 Å². The van der Waals surface area contributed by atoms with Crippen molar-refractivity contribution in [2.75, 3.05) is 27.3 Å². The first-order chi connectivity index (χ1) is 15.6. The van der Waals surface area contributed by atoms with E-state index in [1.54, 1.807) is 19.1 Å². The Labute approximate surface area is 191 Å². The number of rotatable bonds is 7. The lowest BCUT2D eigenvalue weighted by molar-refractivity contribution is -0.125. The number of thiophene rings is 1. The van der Waals surface area contributed by atoms with Crippen molar-refractivity contribution in [2.45, 2.75) is 12.5 Å². The molecule has 0 radical (unpaired) electrons. The molecule has 0 saturated carbocycles. The van der Waals surface area contributed by atoms with Crippen LogP contribution in [0.4, 0.5) is 0 Å². The Morgan fingerprint density at radius 3 is 2.50 bits per heavy atom. The minimum Gasteiger partial charge on any atom is -0.493 e. The first-order valence-corrected chi connectivity index (χ1v) is 11.4. The van der Waals surface area contributed by atoms with Gasteiger partial charge in [-0.2, -0.15) is 0 Å². The maximum Gasteiger partial charge on any atom is 0.263 e. The van der Waals surface area contributed by atoms with Crippen LogP contribution in [0.1, 0.15) is 26.7 Å². The molecule has 0 unspecified atom stereocenters. The van der Waals surface area contributed by atoms with Crippen LogP contribution < -0.4 is 14.8 Å². The number of likely N-dealkylation sites (tertiary alicyclic amines) is 1. The Kier molecular flexibility index (Phi) is 6.75. The van der Waals surface area contributed by atoms with E-state index in [1.165, 1.54) is 11.3 Å². The number of ether oxygens (including phenoxy) is 2. The van der Waals surface area contributed by atoms with Gasteiger partial charge in [-0.15, -0.1) is 11.3 Å². The van der Waals surface area contributed by atoms with E-state index in [0.29, 0.717) is 36.0 Å². The molecule has 1 aliphatic rings. The molecule has 32 heavy (non-hydrogen) atoms. The molecule has 7 heteroatoms. The summed E-state index contributed by atoms with van der Waals surface area (Å²) >= 11 is 1.41. The zero-order valence-corrected chi connectivity index (χ0v) is 18.9. The van der Waals surface area contributed by atoms with Crippen LogP contribution in [0.5, 0.6) is 11.5 Å². The molecule has 2 heterocycles. The molecule has 0 aliphatic carbocycles. The van der Waals surface area contributed by atoms with Crippen LogP contribution in [0.3, 0.4) is 0 Å². The maximum absolute atomic E-state index is 13.3. The Bertz CT molecular complexity index is 1070. The van der Waals surface area contributed by atoms with Gasteiger partial charge in [0.15, 0.2) is 11.5 Å². The third-order valence-corrected chi connectivity index (χ3v) is 6.68. The summed E-state index contributed by atoms with van der Waals surface area (Å²) in [5.74, 6) is 0.474. The quantitative estimate of drug-likeness (QED) is 0.592. The van der Waals surface area contributed by atoms with E-state index in [9.17, 15) is 9.59 Å². The first-order valence-electron chi connectivity index (χ1n) is 10.5. The fourth-order valence-electron chi connectivity index (χ4n) is 4.23. The molecule has 1 saturated heterocycles. The molecular formula is C25H26N2O4S. The van der Waals surface area contributed by atoms with Crippen molar-refractivity contribution in [1.29, 1.82) is 0 Å². The molecule has 1 aliphatic heterocycles. The number of hydrogen-bond acceptors (Lipinski definition) is 5. The number of benzene rings is 2. The highest BCUT2D eigenvalue weighted by Crippen LogP contribution is 2.42. The zero-order chi connectivity index (χ0) is 22.5. The van der Waals surface area contributed by atoms with Crippen molar-refractivity contribution in [3.05, 3.63) is 82.0 Å². The van der Waals surface area contributed by atoms with Crippen LogP contribution >= 0.6 is 11.3 Å². The number of nitrogens with one attached hydrogen (secondary N) is 1. The van der Waals surface area contributed by atoms with Gasteiger partial charge in [0.25, 0.3) is 5.91 Å². The van der Waals surface area contributed by atoms with Gasteiger partial charge in [0.05, 0.1) is 25.0 Å². The summed E-state index contributed by atoms with van der Waals surface area (Å²) < 4.78 is 11.1. The van der Waals surface area contributed by atoms with E-state index in [1.807, 2.05) is 66.0 Å². The van der Waals surface area contributed by atoms with Gasteiger partial charge in [0.2, 0.25) is 5.91 Å². The average Bonchev–Trinajstić information content (AvgIpc) is 3.53. The summed E-state index contributed by atoms with van der Waals surface area (Å²) in [4.78, 5) is 28.8. The Hall–Kier alpha value is -3.32. The standard InChI is InChI=1S/C25H26N2O4S/c1-30-21-11-6-10-18(23(21)31-2)19-15-27(25(29)22-12-7-13-32-22)16-20(19)24(28)26-14-17-8-4-3-5-9-17/h3-13,19-20H,14-16H2,1-2H3,(H,26,28)/t19-,20+/m0/s1. The van der Waals surface area contributed by atoms with Crippen LogP contribution in [0.2, 0.25) is 0 Å². The second kappa shape index (κ2) is 9.87. The van der Waals surface area contributed by atoms with E-state index >= 15 is 0 Å². The number of carbonyl (C=O) groups is 2. The van der Waals surface area contributed by atoms with Crippen molar-refractivity contribution in [3.63, 3.8) is 0 Å². The number of carbonyl (C=O) groups excluding carboxylic acids is 2. The second-order valence-electron chi connectivity index (χ2n) is 7.69. The van der Waals surface area contributed by atoms with Gasteiger partial charge in [-0.1, -0.05) is 48.5 Å². The van der Waals surface area contributed by atoms with Crippen molar-refractivity contribution in [2.24, 2.45) is 5.92 Å². The molecular weight excluding hydrogens is 424 g/mol. The van der Waals surface area contributed by atoms with Gasteiger partial charge in [-0.25, -0.2) is 0 Å². The lowest BCUT2D eigenvalue weighted by Crippen LogP contribution is -2.35. The molecule has 4 rings (SSSR count). The minimum atomic E-state index is -0.399. The third kappa shape index (κ3) is 4.48. The molecule has 3 aromatic rings. The van der Waals surface area contributed by atoms with E-state index in [4.69, 9.17) is 9.47 Å². The maximum atomic E-state index is 13.3. The van der Waals surface area contributed by atoms with Crippen molar-refractivity contribution in [1.82, 2.24) is 10.2 Å². The highest BCUT2D eigenvalue weighted by atomic mass is 32.1. The molecule has 6 nitrogen and oxygen atoms in total. The second-order valence-corrected chi connectivity index (χ2v) is 8.63. The molecule has 1 aromatic heterocycles. The number of methoxy groups -OCH3 is 2. The molecule has 0 bridgehead atoms. The van der Waals surface area contributed by atoms with Gasteiger partial charge in [-0.05, 0) is 23.1 Å². The predicted molar refractivity (Wildman–Crippen MR) is 124 cm³/mol. The Morgan fingerprint density at radius 2 is 1.81 bits per heavy atom. The molecule has 2 atom stereocenters. The van der Waals surface area contributed by atoms with E-state index in [-0.39, 0.29) is 17.7 Å². The Morgan fingerprint density at radius 1 is 1.00 bits per heavy atom. The van der Waals surface area contributed by atoms with Crippen LogP contribution in [-0.4, -0.2) is 44.0 Å². The molecule has 1 fully saturated rings. The molecule has 0 spiro atoms. The molecule has 166 valence electrons. The zero-order valence-electron chi connectivity index (χ0n) is 18.1. The SMILES string of the molecule is COc1cccc([C@@H]2CN(C(=O)c3cccs3)C[C@H]2C(=O)NCc2ccccc2)c1OC. The largest absolute Gasteiger partial charge is 0.493 e. The van der Waals surface area contributed by atoms with E-state index in [2.05, 4.69) is 5.32 Å². The first kappa shape index (κ1) is 21.9. The lowest BCUT2D eigenvalue weighted by Gasteiger charge is -2.21. The number of amides is 2. The molecule has 2 amide bonds. The number of hydrogen-bond donors (Lipinski definition) is 1. The summed E-state index contributed by atoms with van der Waals surface area (Å²) in [6, 6.07) is 19.1. The van der Waals surface area contributed by atoms with Gasteiger partial charge >= 0.3 is 0 Å². The molecule has 2 aromatic carbocycles. The summed E-state index contributed by atoms with van der Waals surface area (Å²) in [6.07, 6.45) is 0. The van der Waals surface area contributed by atoms with Gasteiger partial charge in [0, 0.05) is 31.1 Å². The normalized spacial score (nSPS) is 17.8. The smallest absolute Gasteiger partial charge is 0.263 e. The van der Waals surface area contributed by atoms with Crippen molar-refractivity contribution >= 4 is 23.2 Å². The van der Waals surface area contributed by atoms with Gasteiger partial charge in [0.1, 0.15) is 0 Å². The van der Waals surface area contributed by atoms with Crippen molar-refractivity contribution < 1.29 is 19.1 Å². The Balaban J connectivity index is 1.62.